The summed E-state index contributed by atoms with van der Waals surface area (Å²) in [4.78, 5) is 6.38. The topological polar surface area (TPSA) is 83.0 Å². The number of aliphatic imine (C=N–C) groups is 1. The van der Waals surface area contributed by atoms with E-state index in [4.69, 9.17) is 4.74 Å². The molecule has 1 atom stereocenters. The van der Waals surface area contributed by atoms with E-state index in [0.29, 0.717) is 32.2 Å². The first-order valence-corrected chi connectivity index (χ1v) is 11.7. The van der Waals surface area contributed by atoms with Crippen molar-refractivity contribution >= 4 is 40.0 Å². The SMILES string of the molecule is CN=C(NCc1ccc(S(=O)(=O)NCC2CCCO2)cc1)N(C)Cc1cccc(F)c1.I. The van der Waals surface area contributed by atoms with Gasteiger partial charge < -0.3 is 15.0 Å². The Morgan fingerprint density at radius 1 is 1.22 bits per heavy atom. The molecular weight excluding hydrogens is 546 g/mol. The van der Waals surface area contributed by atoms with Gasteiger partial charge in [0, 0.05) is 40.3 Å². The van der Waals surface area contributed by atoms with Crippen LogP contribution in [-0.4, -0.2) is 52.6 Å². The summed E-state index contributed by atoms with van der Waals surface area (Å²) in [5.41, 5.74) is 1.76. The monoisotopic (exact) mass is 576 g/mol. The van der Waals surface area contributed by atoms with Crippen LogP contribution < -0.4 is 10.0 Å². The van der Waals surface area contributed by atoms with E-state index in [-0.39, 0.29) is 40.8 Å². The minimum absolute atomic E-state index is 0. The number of benzene rings is 2. The molecule has 0 spiro atoms. The molecule has 1 fully saturated rings. The third-order valence-corrected chi connectivity index (χ3v) is 6.53. The molecule has 0 aromatic heterocycles. The first-order valence-electron chi connectivity index (χ1n) is 10.2. The van der Waals surface area contributed by atoms with Crippen LogP contribution in [0.4, 0.5) is 4.39 Å². The molecular formula is C22H30FIN4O3S. The van der Waals surface area contributed by atoms with Crippen LogP contribution in [0, 0.1) is 5.82 Å². The Hall–Kier alpha value is -1.76. The Morgan fingerprint density at radius 2 is 1.97 bits per heavy atom. The molecule has 176 valence electrons. The molecule has 1 heterocycles. The minimum atomic E-state index is -3.57. The number of rotatable bonds is 8. The van der Waals surface area contributed by atoms with Gasteiger partial charge in [-0.15, -0.1) is 24.0 Å². The molecule has 7 nitrogen and oxygen atoms in total. The number of guanidine groups is 1. The van der Waals surface area contributed by atoms with Crippen molar-refractivity contribution in [3.05, 3.63) is 65.5 Å². The second-order valence-corrected chi connectivity index (χ2v) is 9.28. The van der Waals surface area contributed by atoms with E-state index in [0.717, 1.165) is 24.0 Å². The molecule has 1 saturated heterocycles. The molecule has 0 amide bonds. The highest BCUT2D eigenvalue weighted by Gasteiger charge is 2.20. The van der Waals surface area contributed by atoms with Crippen LogP contribution in [0.1, 0.15) is 24.0 Å². The highest BCUT2D eigenvalue weighted by molar-refractivity contribution is 14.0. The third-order valence-electron chi connectivity index (χ3n) is 5.09. The van der Waals surface area contributed by atoms with Crippen LogP contribution in [0.2, 0.25) is 0 Å². The van der Waals surface area contributed by atoms with Crippen LogP contribution in [-0.2, 0) is 27.8 Å². The fourth-order valence-electron chi connectivity index (χ4n) is 3.43. The molecule has 10 heteroatoms. The van der Waals surface area contributed by atoms with Crippen molar-refractivity contribution in [2.75, 3.05) is 27.2 Å². The van der Waals surface area contributed by atoms with Gasteiger partial charge in [-0.05, 0) is 48.2 Å². The van der Waals surface area contributed by atoms with Crippen molar-refractivity contribution in [2.24, 2.45) is 4.99 Å². The first kappa shape index (κ1) is 26.5. The molecule has 3 rings (SSSR count). The lowest BCUT2D eigenvalue weighted by molar-refractivity contribution is 0.114. The number of hydrogen-bond donors (Lipinski definition) is 2. The smallest absolute Gasteiger partial charge is 0.240 e. The van der Waals surface area contributed by atoms with Crippen molar-refractivity contribution in [1.82, 2.24) is 14.9 Å². The number of nitrogens with zero attached hydrogens (tertiary/aromatic N) is 2. The summed E-state index contributed by atoms with van der Waals surface area (Å²) in [5, 5.41) is 3.24. The average molecular weight is 576 g/mol. The van der Waals surface area contributed by atoms with Crippen molar-refractivity contribution < 1.29 is 17.5 Å². The Kier molecular flexibility index (Phi) is 10.3. The minimum Gasteiger partial charge on any atom is -0.377 e. The van der Waals surface area contributed by atoms with Crippen molar-refractivity contribution in [1.29, 1.82) is 0 Å². The quantitative estimate of drug-likeness (QED) is 0.287. The molecule has 0 bridgehead atoms. The zero-order valence-electron chi connectivity index (χ0n) is 18.3. The first-order chi connectivity index (χ1) is 14.9. The number of halogens is 2. The van der Waals surface area contributed by atoms with Crippen LogP contribution in [0.25, 0.3) is 0 Å². The molecule has 0 saturated carbocycles. The zero-order valence-corrected chi connectivity index (χ0v) is 21.4. The Morgan fingerprint density at radius 3 is 2.59 bits per heavy atom. The van der Waals surface area contributed by atoms with Gasteiger partial charge in [0.05, 0.1) is 11.0 Å². The summed E-state index contributed by atoms with van der Waals surface area (Å²) in [6, 6.07) is 13.2. The van der Waals surface area contributed by atoms with Crippen molar-refractivity contribution in [2.45, 2.75) is 36.9 Å². The Labute approximate surface area is 206 Å². The maximum Gasteiger partial charge on any atom is 0.240 e. The normalized spacial score (nSPS) is 16.5. The summed E-state index contributed by atoms with van der Waals surface area (Å²) in [5.74, 6) is 0.383. The summed E-state index contributed by atoms with van der Waals surface area (Å²) in [6.45, 7) is 1.96. The van der Waals surface area contributed by atoms with Crippen LogP contribution in [0.5, 0.6) is 0 Å². The van der Waals surface area contributed by atoms with Gasteiger partial charge in [-0.2, -0.15) is 0 Å². The number of ether oxygens (including phenoxy) is 1. The van der Waals surface area contributed by atoms with Gasteiger partial charge in [0.2, 0.25) is 10.0 Å². The van der Waals surface area contributed by atoms with Crippen molar-refractivity contribution in [3.63, 3.8) is 0 Å². The number of nitrogens with one attached hydrogen (secondary N) is 2. The second-order valence-electron chi connectivity index (χ2n) is 7.52. The largest absolute Gasteiger partial charge is 0.377 e. The molecule has 2 aromatic rings. The van der Waals surface area contributed by atoms with Gasteiger partial charge in [0.15, 0.2) is 5.96 Å². The summed E-state index contributed by atoms with van der Waals surface area (Å²) < 4.78 is 46.4. The van der Waals surface area contributed by atoms with Crippen LogP contribution in [0.15, 0.2) is 58.4 Å². The van der Waals surface area contributed by atoms with E-state index in [2.05, 4.69) is 15.0 Å². The zero-order chi connectivity index (χ0) is 22.3. The summed E-state index contributed by atoms with van der Waals surface area (Å²) in [6.07, 6.45) is 1.80. The van der Waals surface area contributed by atoms with E-state index in [1.54, 1.807) is 37.4 Å². The van der Waals surface area contributed by atoms with E-state index < -0.39 is 10.0 Å². The highest BCUT2D eigenvalue weighted by Crippen LogP contribution is 2.14. The predicted octanol–water partition coefficient (Wildman–Crippen LogP) is 3.11. The second kappa shape index (κ2) is 12.5. The van der Waals surface area contributed by atoms with Crippen molar-refractivity contribution in [3.8, 4) is 0 Å². The number of sulfonamides is 1. The lowest BCUT2D eigenvalue weighted by atomic mass is 10.2. The summed E-state index contributed by atoms with van der Waals surface area (Å²) >= 11 is 0. The fourth-order valence-corrected chi connectivity index (χ4v) is 4.49. The molecule has 1 aliphatic rings. The van der Waals surface area contributed by atoms with Gasteiger partial charge in [-0.1, -0.05) is 24.3 Å². The standard InChI is InChI=1S/C22H29FN4O3S.HI/c1-24-22(27(2)16-18-5-3-6-19(23)13-18)25-14-17-8-10-21(11-9-17)31(28,29)26-15-20-7-4-12-30-20;/h3,5-6,8-11,13,20,26H,4,7,12,14-16H2,1-2H3,(H,24,25);1H. The molecule has 0 aliphatic carbocycles. The number of hydrogen-bond acceptors (Lipinski definition) is 4. The lowest BCUT2D eigenvalue weighted by Crippen LogP contribution is -2.38. The van der Waals surface area contributed by atoms with Gasteiger partial charge in [-0.25, -0.2) is 17.5 Å². The molecule has 2 aromatic carbocycles. The highest BCUT2D eigenvalue weighted by atomic mass is 127. The van der Waals surface area contributed by atoms with Gasteiger partial charge >= 0.3 is 0 Å². The summed E-state index contributed by atoms with van der Waals surface area (Å²) in [7, 11) is -0.0140. The molecule has 2 N–H and O–H groups in total. The van der Waals surface area contributed by atoms with E-state index in [1.807, 2.05) is 18.0 Å². The molecule has 1 unspecified atom stereocenters. The van der Waals surface area contributed by atoms with E-state index in [9.17, 15) is 12.8 Å². The van der Waals surface area contributed by atoms with Gasteiger partial charge in [0.1, 0.15) is 5.82 Å². The maximum atomic E-state index is 13.4. The average Bonchev–Trinajstić information content (AvgIpc) is 3.27. The Bertz CT molecular complexity index is 996. The fraction of sp³-hybridized carbons (Fsp3) is 0.409. The molecule has 0 radical (unpaired) electrons. The molecule has 32 heavy (non-hydrogen) atoms. The molecule has 1 aliphatic heterocycles. The lowest BCUT2D eigenvalue weighted by Gasteiger charge is -2.22. The maximum absolute atomic E-state index is 13.4. The van der Waals surface area contributed by atoms with Crippen LogP contribution >= 0.6 is 24.0 Å². The van der Waals surface area contributed by atoms with Gasteiger partial charge in [-0.3, -0.25) is 4.99 Å². The Balaban J connectivity index is 0.00000363. The predicted molar refractivity (Wildman–Crippen MR) is 134 cm³/mol. The van der Waals surface area contributed by atoms with Gasteiger partial charge in [0.25, 0.3) is 0 Å². The van der Waals surface area contributed by atoms with E-state index in [1.165, 1.54) is 12.1 Å². The third kappa shape index (κ3) is 7.68. The van der Waals surface area contributed by atoms with Crippen LogP contribution in [0.3, 0.4) is 0 Å². The van der Waals surface area contributed by atoms with E-state index >= 15 is 0 Å².